The molecular weight excluding hydrogens is 313 g/mol. The van der Waals surface area contributed by atoms with Crippen LogP contribution in [0.5, 0.6) is 0 Å². The van der Waals surface area contributed by atoms with Gasteiger partial charge in [0.05, 0.1) is 16.8 Å². The van der Waals surface area contributed by atoms with Crippen molar-refractivity contribution in [3.05, 3.63) is 28.2 Å². The third-order valence-corrected chi connectivity index (χ3v) is 3.76. The molecule has 5 nitrogen and oxygen atoms in total. The van der Waals surface area contributed by atoms with Crippen molar-refractivity contribution in [1.82, 2.24) is 10.2 Å². The molecule has 1 aromatic rings. The van der Waals surface area contributed by atoms with E-state index in [0.29, 0.717) is 28.7 Å². The van der Waals surface area contributed by atoms with Crippen LogP contribution in [0, 0.1) is 0 Å². The molecule has 0 fully saturated rings. The van der Waals surface area contributed by atoms with Crippen LogP contribution in [0.3, 0.4) is 0 Å². The van der Waals surface area contributed by atoms with Gasteiger partial charge in [-0.05, 0) is 32.2 Å². The molecule has 7 heteroatoms. The van der Waals surface area contributed by atoms with Crippen molar-refractivity contribution in [2.24, 2.45) is 0 Å². The molecule has 2 amide bonds. The van der Waals surface area contributed by atoms with Crippen molar-refractivity contribution in [3.63, 3.8) is 0 Å². The largest absolute Gasteiger partial charge is 0.359 e. The lowest BCUT2D eigenvalue weighted by atomic mass is 10.2. The van der Waals surface area contributed by atoms with E-state index in [9.17, 15) is 9.59 Å². The van der Waals surface area contributed by atoms with Crippen LogP contribution in [0.4, 0.5) is 5.69 Å². The lowest BCUT2D eigenvalue weighted by Crippen LogP contribution is -2.41. The Kier molecular flexibility index (Phi) is 6.95. The molecule has 0 heterocycles. The van der Waals surface area contributed by atoms with E-state index in [1.54, 1.807) is 44.1 Å². The van der Waals surface area contributed by atoms with Gasteiger partial charge < -0.3 is 10.6 Å². The molecule has 0 aliphatic heterocycles. The number of nitrogens with zero attached hydrogens (tertiary/aromatic N) is 1. The molecule has 1 rings (SSSR count). The summed E-state index contributed by atoms with van der Waals surface area (Å²) >= 11 is 11.9. The van der Waals surface area contributed by atoms with Gasteiger partial charge in [0.25, 0.3) is 0 Å². The summed E-state index contributed by atoms with van der Waals surface area (Å²) in [5.74, 6) is -0.272. The van der Waals surface area contributed by atoms with Gasteiger partial charge in [0.1, 0.15) is 0 Å². The number of rotatable bonds is 6. The molecule has 0 radical (unpaired) electrons. The number of hydrogen-bond acceptors (Lipinski definition) is 3. The van der Waals surface area contributed by atoms with E-state index in [1.807, 2.05) is 0 Å². The Morgan fingerprint density at radius 2 is 2.00 bits per heavy atom. The van der Waals surface area contributed by atoms with Crippen LogP contribution < -0.4 is 10.6 Å². The first-order chi connectivity index (χ1) is 9.85. The fourth-order valence-corrected chi connectivity index (χ4v) is 1.96. The van der Waals surface area contributed by atoms with Crippen LogP contribution >= 0.6 is 23.2 Å². The van der Waals surface area contributed by atoms with Gasteiger partial charge in [0.2, 0.25) is 11.8 Å². The topological polar surface area (TPSA) is 61.4 Å². The number of carbonyl (C=O) groups excluding carboxylic acids is 2. The molecule has 2 N–H and O–H groups in total. The lowest BCUT2D eigenvalue weighted by molar-refractivity contribution is -0.123. The van der Waals surface area contributed by atoms with Crippen molar-refractivity contribution in [1.29, 1.82) is 0 Å². The molecule has 0 saturated carbocycles. The standard InChI is InChI=1S/C14H19Cl2N3O2/c1-9(19(3)7-6-13(20)17-2)14(21)18-12-8-10(15)4-5-11(12)16/h4-5,8-9H,6-7H2,1-3H3,(H,17,20)(H,18,21). The first-order valence-electron chi connectivity index (χ1n) is 6.52. The number of hydrogen-bond donors (Lipinski definition) is 2. The fraction of sp³-hybridized carbons (Fsp3) is 0.429. The Labute approximate surface area is 134 Å². The van der Waals surface area contributed by atoms with Crippen LogP contribution in [0.25, 0.3) is 0 Å². The number of halogens is 2. The van der Waals surface area contributed by atoms with Crippen molar-refractivity contribution in [2.75, 3.05) is 26.0 Å². The lowest BCUT2D eigenvalue weighted by Gasteiger charge is -2.23. The fourth-order valence-electron chi connectivity index (χ4n) is 1.63. The van der Waals surface area contributed by atoms with E-state index < -0.39 is 6.04 Å². The molecule has 0 aliphatic rings. The highest BCUT2D eigenvalue weighted by Crippen LogP contribution is 2.25. The van der Waals surface area contributed by atoms with Crippen molar-refractivity contribution >= 4 is 40.7 Å². The highest BCUT2D eigenvalue weighted by atomic mass is 35.5. The monoisotopic (exact) mass is 331 g/mol. The Hall–Kier alpha value is -1.30. The van der Waals surface area contributed by atoms with Crippen molar-refractivity contribution in [2.45, 2.75) is 19.4 Å². The summed E-state index contributed by atoms with van der Waals surface area (Å²) < 4.78 is 0. The summed E-state index contributed by atoms with van der Waals surface area (Å²) in [4.78, 5) is 25.2. The smallest absolute Gasteiger partial charge is 0.241 e. The molecular formula is C14H19Cl2N3O2. The quantitative estimate of drug-likeness (QED) is 0.841. The zero-order chi connectivity index (χ0) is 16.0. The number of amides is 2. The highest BCUT2D eigenvalue weighted by Gasteiger charge is 2.19. The van der Waals surface area contributed by atoms with E-state index in [1.165, 1.54) is 0 Å². The summed E-state index contributed by atoms with van der Waals surface area (Å²) in [6.45, 7) is 2.25. The van der Waals surface area contributed by atoms with Gasteiger partial charge in [-0.3, -0.25) is 14.5 Å². The maximum Gasteiger partial charge on any atom is 0.241 e. The van der Waals surface area contributed by atoms with E-state index >= 15 is 0 Å². The van der Waals surface area contributed by atoms with E-state index in [0.717, 1.165) is 0 Å². The number of anilines is 1. The van der Waals surface area contributed by atoms with Gasteiger partial charge in [-0.15, -0.1) is 0 Å². The molecule has 1 unspecified atom stereocenters. The Bertz CT molecular complexity index is 523. The van der Waals surface area contributed by atoms with Gasteiger partial charge in [0, 0.05) is 25.0 Å². The molecule has 0 spiro atoms. The van der Waals surface area contributed by atoms with Crippen LogP contribution in [-0.4, -0.2) is 43.4 Å². The summed E-state index contributed by atoms with van der Waals surface area (Å²) in [7, 11) is 3.37. The maximum atomic E-state index is 12.2. The van der Waals surface area contributed by atoms with Crippen LogP contribution in [0.15, 0.2) is 18.2 Å². The molecule has 1 aromatic carbocycles. The van der Waals surface area contributed by atoms with Gasteiger partial charge >= 0.3 is 0 Å². The second kappa shape index (κ2) is 8.22. The number of carbonyl (C=O) groups is 2. The maximum absolute atomic E-state index is 12.2. The summed E-state index contributed by atoms with van der Waals surface area (Å²) in [5.41, 5.74) is 0.473. The van der Waals surface area contributed by atoms with Crippen LogP contribution in [-0.2, 0) is 9.59 Å². The Balaban J connectivity index is 2.61. The average molecular weight is 332 g/mol. The summed E-state index contributed by atoms with van der Waals surface area (Å²) in [6.07, 6.45) is 0.336. The molecule has 0 aromatic heterocycles. The van der Waals surface area contributed by atoms with E-state index in [-0.39, 0.29) is 11.8 Å². The Morgan fingerprint density at radius 1 is 1.33 bits per heavy atom. The molecule has 116 valence electrons. The molecule has 0 bridgehead atoms. The zero-order valence-corrected chi connectivity index (χ0v) is 13.8. The van der Waals surface area contributed by atoms with Crippen molar-refractivity contribution < 1.29 is 9.59 Å². The summed E-state index contributed by atoms with van der Waals surface area (Å²) in [5, 5.41) is 6.20. The molecule has 0 aliphatic carbocycles. The second-order valence-corrected chi connectivity index (χ2v) is 5.54. The van der Waals surface area contributed by atoms with E-state index in [2.05, 4.69) is 10.6 Å². The van der Waals surface area contributed by atoms with Gasteiger partial charge in [0.15, 0.2) is 0 Å². The van der Waals surface area contributed by atoms with Gasteiger partial charge in [-0.25, -0.2) is 0 Å². The van der Waals surface area contributed by atoms with Gasteiger partial charge in [-0.1, -0.05) is 23.2 Å². The Morgan fingerprint density at radius 3 is 2.62 bits per heavy atom. The van der Waals surface area contributed by atoms with E-state index in [4.69, 9.17) is 23.2 Å². The predicted octanol–water partition coefficient (Wildman–Crippen LogP) is 2.39. The molecule has 0 saturated heterocycles. The zero-order valence-electron chi connectivity index (χ0n) is 12.2. The average Bonchev–Trinajstić information content (AvgIpc) is 2.47. The third-order valence-electron chi connectivity index (χ3n) is 3.20. The molecule has 21 heavy (non-hydrogen) atoms. The first kappa shape index (κ1) is 17.8. The van der Waals surface area contributed by atoms with Crippen LogP contribution in [0.2, 0.25) is 10.0 Å². The number of likely N-dealkylation sites (N-methyl/N-ethyl adjacent to an activating group) is 1. The highest BCUT2D eigenvalue weighted by molar-refractivity contribution is 6.35. The van der Waals surface area contributed by atoms with Crippen molar-refractivity contribution in [3.8, 4) is 0 Å². The normalized spacial score (nSPS) is 12.1. The SMILES string of the molecule is CNC(=O)CCN(C)C(C)C(=O)Nc1cc(Cl)ccc1Cl. The van der Waals surface area contributed by atoms with Crippen LogP contribution in [0.1, 0.15) is 13.3 Å². The third kappa shape index (κ3) is 5.53. The minimum Gasteiger partial charge on any atom is -0.359 e. The first-order valence-corrected chi connectivity index (χ1v) is 7.27. The minimum atomic E-state index is -0.398. The number of benzene rings is 1. The van der Waals surface area contributed by atoms with Gasteiger partial charge in [-0.2, -0.15) is 0 Å². The predicted molar refractivity (Wildman–Crippen MR) is 85.9 cm³/mol. The molecule has 1 atom stereocenters. The second-order valence-electron chi connectivity index (χ2n) is 4.69. The number of nitrogens with one attached hydrogen (secondary N) is 2. The minimum absolute atomic E-state index is 0.0626. The summed E-state index contributed by atoms with van der Waals surface area (Å²) in [6, 6.07) is 4.47.